The second kappa shape index (κ2) is 7.50. The van der Waals surface area contributed by atoms with Crippen LogP contribution in [0.5, 0.6) is 5.75 Å². The molecule has 0 aliphatic carbocycles. The Kier molecular flexibility index (Phi) is 4.67. The van der Waals surface area contributed by atoms with Crippen molar-refractivity contribution >= 4 is 27.8 Å². The molecule has 0 bridgehead atoms. The van der Waals surface area contributed by atoms with Crippen LogP contribution in [0.15, 0.2) is 47.3 Å². The van der Waals surface area contributed by atoms with Crippen molar-refractivity contribution < 1.29 is 4.74 Å². The van der Waals surface area contributed by atoms with E-state index in [4.69, 9.17) is 10.5 Å². The van der Waals surface area contributed by atoms with Crippen LogP contribution in [0, 0.1) is 0 Å². The highest BCUT2D eigenvalue weighted by Crippen LogP contribution is 2.28. The summed E-state index contributed by atoms with van der Waals surface area (Å²) in [5.41, 5.74) is 10.2. The van der Waals surface area contributed by atoms with Gasteiger partial charge in [0.25, 0.3) is 0 Å². The second-order valence-corrected chi connectivity index (χ2v) is 7.88. The minimum Gasteiger partial charge on any atom is -0.496 e. The number of likely N-dealkylation sites (tertiary alicyclic amines) is 1. The first kappa shape index (κ1) is 18.7. The van der Waals surface area contributed by atoms with Crippen LogP contribution < -0.4 is 16.2 Å². The molecular weight excluding hydrogens is 378 g/mol. The van der Waals surface area contributed by atoms with Crippen molar-refractivity contribution in [2.45, 2.75) is 25.9 Å². The molecule has 7 heteroatoms. The molecule has 1 aliphatic heterocycles. The standard InChI is InChI=1S/C23H25N5O2/c1-30-19-12-15(13-27-10-4-5-11-27)8-9-16(19)14-28-21-17-6-2-3-7-18(17)25-22(24)20(21)26-23(28)29/h2-3,6-9,12H,4-5,10-11,13-14H2,1H3,(H2,24,25)(H,26,29). The third kappa shape index (κ3) is 3.21. The number of fused-ring (bicyclic) bond motifs is 3. The van der Waals surface area contributed by atoms with E-state index in [2.05, 4.69) is 33.1 Å². The summed E-state index contributed by atoms with van der Waals surface area (Å²) in [6, 6.07) is 14.0. The van der Waals surface area contributed by atoms with Gasteiger partial charge in [-0.2, -0.15) is 0 Å². The number of aromatic amines is 1. The van der Waals surface area contributed by atoms with Gasteiger partial charge in [-0.1, -0.05) is 30.3 Å². The number of hydrogen-bond donors (Lipinski definition) is 2. The van der Waals surface area contributed by atoms with Crippen molar-refractivity contribution in [1.82, 2.24) is 19.4 Å². The molecule has 4 aromatic rings. The van der Waals surface area contributed by atoms with Crippen molar-refractivity contribution in [2.24, 2.45) is 0 Å². The van der Waals surface area contributed by atoms with Gasteiger partial charge in [-0.05, 0) is 43.6 Å². The predicted molar refractivity (Wildman–Crippen MR) is 119 cm³/mol. The zero-order chi connectivity index (χ0) is 20.7. The van der Waals surface area contributed by atoms with Gasteiger partial charge >= 0.3 is 5.69 Å². The van der Waals surface area contributed by atoms with Gasteiger partial charge in [-0.3, -0.25) is 9.47 Å². The van der Waals surface area contributed by atoms with Gasteiger partial charge in [0, 0.05) is 17.5 Å². The average molecular weight is 403 g/mol. The zero-order valence-corrected chi connectivity index (χ0v) is 17.0. The molecule has 3 N–H and O–H groups in total. The van der Waals surface area contributed by atoms with Gasteiger partial charge in [0.05, 0.1) is 24.7 Å². The zero-order valence-electron chi connectivity index (χ0n) is 17.0. The van der Waals surface area contributed by atoms with E-state index in [1.54, 1.807) is 11.7 Å². The van der Waals surface area contributed by atoms with Gasteiger partial charge in [-0.15, -0.1) is 0 Å². The summed E-state index contributed by atoms with van der Waals surface area (Å²) in [7, 11) is 1.67. The minimum atomic E-state index is -0.210. The van der Waals surface area contributed by atoms with Crippen molar-refractivity contribution in [3.63, 3.8) is 0 Å². The summed E-state index contributed by atoms with van der Waals surface area (Å²) in [5.74, 6) is 1.12. The lowest BCUT2D eigenvalue weighted by Crippen LogP contribution is -2.19. The Morgan fingerprint density at radius 3 is 2.73 bits per heavy atom. The number of hydrogen-bond acceptors (Lipinski definition) is 5. The van der Waals surface area contributed by atoms with E-state index in [1.807, 2.05) is 24.3 Å². The molecule has 7 nitrogen and oxygen atoms in total. The average Bonchev–Trinajstić information content (AvgIpc) is 3.38. The summed E-state index contributed by atoms with van der Waals surface area (Å²) in [4.78, 5) is 22.6. The Balaban J connectivity index is 1.57. The molecule has 0 unspecified atom stereocenters. The maximum absolute atomic E-state index is 12.8. The lowest BCUT2D eigenvalue weighted by molar-refractivity contribution is 0.330. The minimum absolute atomic E-state index is 0.210. The number of nitrogens with two attached hydrogens (primary N) is 1. The van der Waals surface area contributed by atoms with Crippen LogP contribution in [0.1, 0.15) is 24.0 Å². The number of nitrogens with one attached hydrogen (secondary N) is 1. The predicted octanol–water partition coefficient (Wildman–Crippen LogP) is 3.11. The summed E-state index contributed by atoms with van der Waals surface area (Å²) in [6.45, 7) is 3.62. The fourth-order valence-electron chi connectivity index (χ4n) is 4.43. The molecule has 5 rings (SSSR count). The maximum Gasteiger partial charge on any atom is 0.326 e. The van der Waals surface area contributed by atoms with Crippen LogP contribution in [0.25, 0.3) is 21.9 Å². The number of rotatable bonds is 5. The van der Waals surface area contributed by atoms with Gasteiger partial charge in [0.15, 0.2) is 0 Å². The van der Waals surface area contributed by atoms with Gasteiger partial charge in [0.2, 0.25) is 0 Å². The Bertz CT molecular complexity index is 1280. The molecular formula is C23H25N5O2. The fraction of sp³-hybridized carbons (Fsp3) is 0.304. The van der Waals surface area contributed by atoms with Crippen molar-refractivity contribution in [2.75, 3.05) is 25.9 Å². The molecule has 1 saturated heterocycles. The lowest BCUT2D eigenvalue weighted by atomic mass is 10.1. The quantitative estimate of drug-likeness (QED) is 0.534. The largest absolute Gasteiger partial charge is 0.496 e. The highest BCUT2D eigenvalue weighted by Gasteiger charge is 2.17. The smallest absolute Gasteiger partial charge is 0.326 e. The van der Waals surface area contributed by atoms with E-state index in [-0.39, 0.29) is 5.69 Å². The Morgan fingerprint density at radius 2 is 1.93 bits per heavy atom. The summed E-state index contributed by atoms with van der Waals surface area (Å²) >= 11 is 0. The van der Waals surface area contributed by atoms with E-state index in [9.17, 15) is 4.79 Å². The van der Waals surface area contributed by atoms with Crippen LogP contribution in [0.2, 0.25) is 0 Å². The third-order valence-corrected chi connectivity index (χ3v) is 5.92. The van der Waals surface area contributed by atoms with E-state index in [0.29, 0.717) is 17.9 Å². The molecule has 2 aromatic carbocycles. The monoisotopic (exact) mass is 403 g/mol. The number of benzene rings is 2. The first-order chi connectivity index (χ1) is 14.6. The molecule has 2 aromatic heterocycles. The SMILES string of the molecule is COc1cc(CN2CCCC2)ccc1Cn1c(=O)[nH]c2c(N)nc3ccccc3c21. The number of nitrogens with zero attached hydrogens (tertiary/aromatic N) is 3. The fourth-order valence-corrected chi connectivity index (χ4v) is 4.43. The summed E-state index contributed by atoms with van der Waals surface area (Å²) in [6.07, 6.45) is 2.54. The summed E-state index contributed by atoms with van der Waals surface area (Å²) in [5, 5.41) is 0.893. The Labute approximate surface area is 174 Å². The van der Waals surface area contributed by atoms with E-state index >= 15 is 0 Å². The summed E-state index contributed by atoms with van der Waals surface area (Å²) < 4.78 is 7.40. The van der Waals surface area contributed by atoms with Crippen molar-refractivity contribution in [1.29, 1.82) is 0 Å². The Hall–Kier alpha value is -3.32. The number of aromatic nitrogens is 3. The number of H-pyrrole nitrogens is 1. The number of methoxy groups -OCH3 is 1. The molecule has 0 spiro atoms. The van der Waals surface area contributed by atoms with Crippen molar-refractivity contribution in [3.8, 4) is 5.75 Å². The molecule has 30 heavy (non-hydrogen) atoms. The van der Waals surface area contributed by atoms with E-state index < -0.39 is 0 Å². The van der Waals surface area contributed by atoms with Gasteiger partial charge in [-0.25, -0.2) is 9.78 Å². The van der Waals surface area contributed by atoms with Crippen molar-refractivity contribution in [3.05, 3.63) is 64.1 Å². The Morgan fingerprint density at radius 1 is 1.13 bits per heavy atom. The third-order valence-electron chi connectivity index (χ3n) is 5.92. The number of pyridine rings is 1. The topological polar surface area (TPSA) is 89.2 Å². The van der Waals surface area contributed by atoms with Crippen LogP contribution >= 0.6 is 0 Å². The van der Waals surface area contributed by atoms with E-state index in [0.717, 1.165) is 47.4 Å². The highest BCUT2D eigenvalue weighted by atomic mass is 16.5. The molecule has 0 atom stereocenters. The number of anilines is 1. The lowest BCUT2D eigenvalue weighted by Gasteiger charge is -2.17. The van der Waals surface area contributed by atoms with Gasteiger partial charge in [0.1, 0.15) is 17.1 Å². The molecule has 0 saturated carbocycles. The first-order valence-electron chi connectivity index (χ1n) is 10.3. The van der Waals surface area contributed by atoms with E-state index in [1.165, 1.54) is 18.4 Å². The molecule has 1 fully saturated rings. The van der Waals surface area contributed by atoms with Crippen LogP contribution in [0.4, 0.5) is 5.82 Å². The molecule has 154 valence electrons. The first-order valence-corrected chi connectivity index (χ1v) is 10.3. The number of imidazole rings is 1. The number of ether oxygens (including phenoxy) is 1. The highest BCUT2D eigenvalue weighted by molar-refractivity contribution is 6.06. The number of para-hydroxylation sites is 1. The van der Waals surface area contributed by atoms with Crippen LogP contribution in [0.3, 0.4) is 0 Å². The molecule has 1 aliphatic rings. The van der Waals surface area contributed by atoms with Gasteiger partial charge < -0.3 is 15.5 Å². The van der Waals surface area contributed by atoms with Crippen LogP contribution in [-0.2, 0) is 13.1 Å². The molecule has 0 amide bonds. The second-order valence-electron chi connectivity index (χ2n) is 7.88. The molecule has 0 radical (unpaired) electrons. The number of nitrogen functional groups attached to an aromatic ring is 1. The normalized spacial score (nSPS) is 14.7. The maximum atomic E-state index is 12.8. The van der Waals surface area contributed by atoms with Crippen LogP contribution in [-0.4, -0.2) is 39.6 Å². The molecule has 3 heterocycles.